The van der Waals surface area contributed by atoms with Gasteiger partial charge in [-0.05, 0) is 18.3 Å². The van der Waals surface area contributed by atoms with Crippen molar-refractivity contribution in [1.29, 1.82) is 0 Å². The monoisotopic (exact) mass is 210 g/mol. The molecular weight excluding hydrogens is 192 g/mol. The number of carbonyl (C=O) groups excluding carboxylic acids is 2. The van der Waals surface area contributed by atoms with Crippen molar-refractivity contribution >= 4 is 12.3 Å². The second-order valence-electron chi connectivity index (χ2n) is 4.41. The van der Waals surface area contributed by atoms with Crippen LogP contribution in [0.1, 0.15) is 27.2 Å². The predicted octanol–water partition coefficient (Wildman–Crippen LogP) is 1.97. The minimum Gasteiger partial charge on any atom is -0.466 e. The van der Waals surface area contributed by atoms with Gasteiger partial charge in [0, 0.05) is 6.42 Å². The van der Waals surface area contributed by atoms with Gasteiger partial charge in [0.1, 0.15) is 6.29 Å². The smallest absolute Gasteiger partial charge is 0.310 e. The zero-order valence-corrected chi connectivity index (χ0v) is 9.53. The summed E-state index contributed by atoms with van der Waals surface area (Å²) in [5.41, 5.74) is -0.0222. The number of hydrogen-bond donors (Lipinski definition) is 0. The summed E-state index contributed by atoms with van der Waals surface area (Å²) in [6, 6.07) is 0. The molecular formula is C12H18O3. The van der Waals surface area contributed by atoms with E-state index in [2.05, 4.69) is 0 Å². The zero-order chi connectivity index (χ0) is 11.5. The normalized spacial score (nSPS) is 27.7. The lowest BCUT2D eigenvalue weighted by Gasteiger charge is -2.01. The molecule has 0 aliphatic heterocycles. The van der Waals surface area contributed by atoms with Gasteiger partial charge < -0.3 is 9.53 Å². The first-order valence-corrected chi connectivity index (χ1v) is 5.32. The molecule has 1 rings (SSSR count). The van der Waals surface area contributed by atoms with E-state index in [1.54, 1.807) is 0 Å². The Labute approximate surface area is 90.5 Å². The molecule has 84 valence electrons. The first kappa shape index (κ1) is 12.0. The van der Waals surface area contributed by atoms with Gasteiger partial charge in [-0.25, -0.2) is 0 Å². The minimum atomic E-state index is -0.122. The van der Waals surface area contributed by atoms with Crippen molar-refractivity contribution < 1.29 is 14.3 Å². The molecule has 0 aromatic rings. The van der Waals surface area contributed by atoms with Gasteiger partial charge in [-0.3, -0.25) is 4.79 Å². The molecule has 0 radical (unpaired) electrons. The van der Waals surface area contributed by atoms with E-state index >= 15 is 0 Å². The van der Waals surface area contributed by atoms with E-state index in [1.165, 1.54) is 0 Å². The summed E-state index contributed by atoms with van der Waals surface area (Å²) in [5.74, 6) is 0.0557. The van der Waals surface area contributed by atoms with Crippen LogP contribution in [0.5, 0.6) is 0 Å². The summed E-state index contributed by atoms with van der Waals surface area (Å²) in [4.78, 5) is 21.7. The third kappa shape index (κ3) is 2.46. The maximum absolute atomic E-state index is 11.5. The summed E-state index contributed by atoms with van der Waals surface area (Å²) >= 11 is 0. The third-order valence-electron chi connectivity index (χ3n) is 3.03. The Morgan fingerprint density at radius 1 is 1.47 bits per heavy atom. The van der Waals surface area contributed by atoms with Gasteiger partial charge >= 0.3 is 5.97 Å². The number of ether oxygens (including phenoxy) is 1. The quantitative estimate of drug-likeness (QED) is 0.396. The van der Waals surface area contributed by atoms with Gasteiger partial charge in [-0.2, -0.15) is 0 Å². The molecule has 3 heteroatoms. The van der Waals surface area contributed by atoms with E-state index in [0.29, 0.717) is 13.0 Å². The van der Waals surface area contributed by atoms with E-state index in [-0.39, 0.29) is 23.2 Å². The van der Waals surface area contributed by atoms with Gasteiger partial charge in [0.25, 0.3) is 0 Å². The molecule has 3 nitrogen and oxygen atoms in total. The number of hydrogen-bond acceptors (Lipinski definition) is 3. The first-order valence-electron chi connectivity index (χ1n) is 5.32. The van der Waals surface area contributed by atoms with Gasteiger partial charge in [0.05, 0.1) is 12.5 Å². The summed E-state index contributed by atoms with van der Waals surface area (Å²) in [6.07, 6.45) is 5.04. The second kappa shape index (κ2) is 4.60. The summed E-state index contributed by atoms with van der Waals surface area (Å²) in [7, 11) is 0. The molecule has 1 aliphatic carbocycles. The van der Waals surface area contributed by atoms with Gasteiger partial charge in [-0.1, -0.05) is 26.0 Å². The van der Waals surface area contributed by atoms with Crippen LogP contribution in [0.4, 0.5) is 0 Å². The average molecular weight is 210 g/mol. The highest BCUT2D eigenvalue weighted by atomic mass is 16.5. The lowest BCUT2D eigenvalue weighted by atomic mass is 10.1. The maximum atomic E-state index is 11.5. The molecule has 0 saturated heterocycles. The standard InChI is InChI=1S/C12H18O3/c1-4-15-11(14)10-9(12(10,2)3)7-5-6-8-13/h5,7-10H,4,6H2,1-3H3. The second-order valence-corrected chi connectivity index (χ2v) is 4.41. The van der Waals surface area contributed by atoms with E-state index in [9.17, 15) is 9.59 Å². The highest BCUT2D eigenvalue weighted by Crippen LogP contribution is 2.59. The lowest BCUT2D eigenvalue weighted by Crippen LogP contribution is -2.10. The molecule has 2 atom stereocenters. The van der Waals surface area contributed by atoms with Crippen LogP contribution in [-0.4, -0.2) is 18.9 Å². The summed E-state index contributed by atoms with van der Waals surface area (Å²) in [6.45, 7) is 6.33. The molecule has 0 amide bonds. The van der Waals surface area contributed by atoms with Crippen LogP contribution in [0.25, 0.3) is 0 Å². The molecule has 0 aromatic heterocycles. The van der Waals surface area contributed by atoms with Crippen LogP contribution < -0.4 is 0 Å². The SMILES string of the molecule is CCOC(=O)C1C(C=CCC=O)C1(C)C. The van der Waals surface area contributed by atoms with Crippen LogP contribution in [0.15, 0.2) is 12.2 Å². The van der Waals surface area contributed by atoms with E-state index < -0.39 is 0 Å². The molecule has 0 heterocycles. The molecule has 2 unspecified atom stereocenters. The van der Waals surface area contributed by atoms with Gasteiger partial charge in [0.2, 0.25) is 0 Å². The molecule has 0 aromatic carbocycles. The predicted molar refractivity (Wildman–Crippen MR) is 57.2 cm³/mol. The fourth-order valence-corrected chi connectivity index (χ4v) is 2.00. The van der Waals surface area contributed by atoms with E-state index in [4.69, 9.17) is 4.74 Å². The minimum absolute atomic E-state index is 0.0222. The van der Waals surface area contributed by atoms with Crippen LogP contribution in [-0.2, 0) is 14.3 Å². The van der Waals surface area contributed by atoms with Crippen molar-refractivity contribution in [2.75, 3.05) is 6.61 Å². The lowest BCUT2D eigenvalue weighted by molar-refractivity contribution is -0.145. The molecule has 0 bridgehead atoms. The van der Waals surface area contributed by atoms with Crippen molar-refractivity contribution in [3.05, 3.63) is 12.2 Å². The van der Waals surface area contributed by atoms with Gasteiger partial charge in [0.15, 0.2) is 0 Å². The number of carbonyl (C=O) groups is 2. The Kier molecular flexibility index (Phi) is 3.66. The highest BCUT2D eigenvalue weighted by molar-refractivity contribution is 5.78. The Balaban J connectivity index is 2.54. The molecule has 0 spiro atoms. The van der Waals surface area contributed by atoms with Crippen LogP contribution in [0.3, 0.4) is 0 Å². The van der Waals surface area contributed by atoms with Crippen molar-refractivity contribution in [2.45, 2.75) is 27.2 Å². The van der Waals surface area contributed by atoms with E-state index in [1.807, 2.05) is 32.9 Å². The topological polar surface area (TPSA) is 43.4 Å². The summed E-state index contributed by atoms with van der Waals surface area (Å²) in [5, 5.41) is 0. The Hall–Kier alpha value is -1.12. The Morgan fingerprint density at radius 2 is 2.13 bits per heavy atom. The number of aldehydes is 1. The summed E-state index contributed by atoms with van der Waals surface area (Å²) < 4.78 is 5.00. The van der Waals surface area contributed by atoms with Crippen molar-refractivity contribution in [3.63, 3.8) is 0 Å². The Morgan fingerprint density at radius 3 is 2.67 bits per heavy atom. The van der Waals surface area contributed by atoms with Crippen molar-refractivity contribution in [2.24, 2.45) is 17.3 Å². The zero-order valence-electron chi connectivity index (χ0n) is 9.53. The maximum Gasteiger partial charge on any atom is 0.310 e. The molecule has 1 aliphatic rings. The van der Waals surface area contributed by atoms with Gasteiger partial charge in [-0.15, -0.1) is 0 Å². The molecule has 1 saturated carbocycles. The van der Waals surface area contributed by atoms with E-state index in [0.717, 1.165) is 6.29 Å². The average Bonchev–Trinajstić information content (AvgIpc) is 2.69. The van der Waals surface area contributed by atoms with Crippen molar-refractivity contribution in [3.8, 4) is 0 Å². The fourth-order valence-electron chi connectivity index (χ4n) is 2.00. The molecule has 1 fully saturated rings. The first-order chi connectivity index (χ1) is 7.05. The number of rotatable bonds is 5. The number of allylic oxidation sites excluding steroid dienone is 2. The van der Waals surface area contributed by atoms with Crippen LogP contribution in [0.2, 0.25) is 0 Å². The largest absolute Gasteiger partial charge is 0.466 e. The third-order valence-corrected chi connectivity index (χ3v) is 3.03. The molecule has 15 heavy (non-hydrogen) atoms. The Bertz CT molecular complexity index is 279. The van der Waals surface area contributed by atoms with Crippen LogP contribution >= 0.6 is 0 Å². The highest BCUT2D eigenvalue weighted by Gasteiger charge is 2.61. The van der Waals surface area contributed by atoms with Crippen molar-refractivity contribution in [1.82, 2.24) is 0 Å². The van der Waals surface area contributed by atoms with Crippen LogP contribution in [0, 0.1) is 17.3 Å². The number of esters is 1. The fraction of sp³-hybridized carbons (Fsp3) is 0.667. The molecule has 0 N–H and O–H groups in total.